The van der Waals surface area contributed by atoms with Crippen LogP contribution in [-0.2, 0) is 5.41 Å². The van der Waals surface area contributed by atoms with E-state index in [0.29, 0.717) is 5.88 Å². The number of H-pyrrole nitrogens is 1. The van der Waals surface area contributed by atoms with E-state index in [2.05, 4.69) is 37.0 Å². The van der Waals surface area contributed by atoms with E-state index in [-0.39, 0.29) is 17.2 Å². The van der Waals surface area contributed by atoms with Crippen molar-refractivity contribution >= 4 is 16.7 Å². The first-order chi connectivity index (χ1) is 13.4. The van der Waals surface area contributed by atoms with Gasteiger partial charge in [0, 0.05) is 28.0 Å². The summed E-state index contributed by atoms with van der Waals surface area (Å²) in [6, 6.07) is 14.1. The van der Waals surface area contributed by atoms with Gasteiger partial charge in [-0.25, -0.2) is 0 Å². The topological polar surface area (TPSA) is 94.8 Å². The Morgan fingerprint density at radius 2 is 1.89 bits per heavy atom. The number of aromatic amines is 1. The molecule has 0 fully saturated rings. The van der Waals surface area contributed by atoms with Crippen LogP contribution in [0.2, 0.25) is 0 Å². The summed E-state index contributed by atoms with van der Waals surface area (Å²) >= 11 is 0. The second-order valence-electron chi connectivity index (χ2n) is 8.02. The van der Waals surface area contributed by atoms with Gasteiger partial charge in [0.1, 0.15) is 11.7 Å². The number of nitrogens with zero attached hydrogens (tertiary/aromatic N) is 2. The van der Waals surface area contributed by atoms with E-state index in [1.54, 1.807) is 7.11 Å². The van der Waals surface area contributed by atoms with Gasteiger partial charge in [0.15, 0.2) is 0 Å². The maximum Gasteiger partial charge on any atom is 0.243 e. The molecule has 6 heteroatoms. The fraction of sp³-hybridized carbons (Fsp3) is 0.318. The Hall–Kier alpha value is -3.33. The molecule has 2 atom stereocenters. The van der Waals surface area contributed by atoms with Crippen molar-refractivity contribution in [3.8, 4) is 17.7 Å². The highest BCUT2D eigenvalue weighted by molar-refractivity contribution is 5.94. The Bertz CT molecular complexity index is 1120. The lowest BCUT2D eigenvalue weighted by Gasteiger charge is -2.31. The number of benzene rings is 2. The third kappa shape index (κ3) is 2.63. The van der Waals surface area contributed by atoms with Crippen LogP contribution in [0.3, 0.4) is 0 Å². The average Bonchev–Trinajstić information content (AvgIpc) is 3.10. The van der Waals surface area contributed by atoms with E-state index in [4.69, 9.17) is 14.9 Å². The van der Waals surface area contributed by atoms with Gasteiger partial charge in [0.2, 0.25) is 11.8 Å². The zero-order valence-electron chi connectivity index (χ0n) is 16.3. The van der Waals surface area contributed by atoms with Crippen LogP contribution in [0.4, 0.5) is 0 Å². The smallest absolute Gasteiger partial charge is 0.243 e. The second kappa shape index (κ2) is 6.38. The van der Waals surface area contributed by atoms with Crippen molar-refractivity contribution in [1.82, 2.24) is 10.2 Å². The third-order valence-electron chi connectivity index (χ3n) is 5.26. The Morgan fingerprint density at radius 3 is 2.54 bits per heavy atom. The number of methoxy groups -OCH3 is 1. The molecule has 2 aromatic carbocycles. The van der Waals surface area contributed by atoms with Crippen LogP contribution in [-0.4, -0.2) is 23.2 Å². The fourth-order valence-corrected chi connectivity index (χ4v) is 3.97. The molecule has 2 heterocycles. The van der Waals surface area contributed by atoms with Crippen LogP contribution in [0.15, 0.2) is 36.4 Å². The number of hydrogen-bond acceptors (Lipinski definition) is 5. The molecule has 3 aromatic rings. The summed E-state index contributed by atoms with van der Waals surface area (Å²) in [5.41, 5.74) is 2.51. The van der Waals surface area contributed by atoms with Crippen molar-refractivity contribution < 1.29 is 9.47 Å². The lowest BCUT2D eigenvalue weighted by atomic mass is 9.74. The van der Waals surface area contributed by atoms with Gasteiger partial charge in [-0.1, -0.05) is 51.1 Å². The van der Waals surface area contributed by atoms with Crippen molar-refractivity contribution in [2.75, 3.05) is 7.11 Å². The van der Waals surface area contributed by atoms with E-state index in [0.717, 1.165) is 33.3 Å². The van der Waals surface area contributed by atoms with Gasteiger partial charge in [0.25, 0.3) is 0 Å². The zero-order chi connectivity index (χ0) is 20.1. The second-order valence-corrected chi connectivity index (χ2v) is 8.02. The molecule has 0 amide bonds. The van der Waals surface area contributed by atoms with Gasteiger partial charge < -0.3 is 9.47 Å². The minimum Gasteiger partial charge on any atom is -0.496 e. The van der Waals surface area contributed by atoms with Crippen molar-refractivity contribution in [2.45, 2.75) is 32.1 Å². The van der Waals surface area contributed by atoms with E-state index < -0.39 is 5.92 Å². The Kier molecular flexibility index (Phi) is 4.11. The van der Waals surface area contributed by atoms with Crippen molar-refractivity contribution in [2.24, 2.45) is 5.92 Å². The number of fused-ring (bicyclic) bond motifs is 2. The van der Waals surface area contributed by atoms with Crippen LogP contribution in [0, 0.1) is 22.7 Å². The highest BCUT2D eigenvalue weighted by Gasteiger charge is 2.43. The molecule has 4 rings (SSSR count). The normalized spacial score (nSPS) is 19.0. The predicted octanol–water partition coefficient (Wildman–Crippen LogP) is 4.51. The molecule has 2 unspecified atom stereocenters. The quantitative estimate of drug-likeness (QED) is 0.690. The van der Waals surface area contributed by atoms with Crippen molar-refractivity contribution in [1.29, 1.82) is 10.7 Å². The SMILES string of the molecule is COc1ccc(C2c3c(n[nH]c3C(C)(C)C)OC(=N)C2C#N)c2ccccc12. The summed E-state index contributed by atoms with van der Waals surface area (Å²) in [4.78, 5) is 0. The number of nitrogens with one attached hydrogen (secondary N) is 2. The Balaban J connectivity index is 2.05. The molecule has 28 heavy (non-hydrogen) atoms. The highest BCUT2D eigenvalue weighted by Crippen LogP contribution is 2.47. The minimum atomic E-state index is -0.733. The molecule has 2 N–H and O–H groups in total. The third-order valence-corrected chi connectivity index (χ3v) is 5.26. The van der Waals surface area contributed by atoms with Crippen LogP contribution in [0.5, 0.6) is 11.6 Å². The molecule has 0 bridgehead atoms. The van der Waals surface area contributed by atoms with Crippen LogP contribution in [0.25, 0.3) is 10.8 Å². The molecule has 142 valence electrons. The van der Waals surface area contributed by atoms with Crippen LogP contribution in [0.1, 0.15) is 43.5 Å². The van der Waals surface area contributed by atoms with Gasteiger partial charge in [-0.3, -0.25) is 10.5 Å². The summed E-state index contributed by atoms with van der Waals surface area (Å²) < 4.78 is 11.1. The molecule has 1 aliphatic heterocycles. The lowest BCUT2D eigenvalue weighted by molar-refractivity contribution is 0.419. The summed E-state index contributed by atoms with van der Waals surface area (Å²) in [5.74, 6) is -0.00956. The summed E-state index contributed by atoms with van der Waals surface area (Å²) in [7, 11) is 1.65. The zero-order valence-corrected chi connectivity index (χ0v) is 16.3. The molecule has 0 aliphatic carbocycles. The minimum absolute atomic E-state index is 0.0770. The van der Waals surface area contributed by atoms with E-state index in [1.807, 2.05) is 36.4 Å². The van der Waals surface area contributed by atoms with Gasteiger partial charge >= 0.3 is 0 Å². The number of rotatable bonds is 2. The van der Waals surface area contributed by atoms with Crippen LogP contribution < -0.4 is 9.47 Å². The summed E-state index contributed by atoms with van der Waals surface area (Å²) in [5, 5.41) is 27.5. The van der Waals surface area contributed by atoms with E-state index in [9.17, 15) is 5.26 Å². The fourth-order valence-electron chi connectivity index (χ4n) is 3.97. The molecule has 0 spiro atoms. The van der Waals surface area contributed by atoms with Crippen molar-refractivity contribution in [3.63, 3.8) is 0 Å². The Labute approximate surface area is 163 Å². The number of ether oxygens (including phenoxy) is 2. The molecule has 0 saturated carbocycles. The molecule has 1 aliphatic rings. The molecule has 0 saturated heterocycles. The van der Waals surface area contributed by atoms with E-state index in [1.165, 1.54) is 0 Å². The predicted molar refractivity (Wildman–Crippen MR) is 107 cm³/mol. The van der Waals surface area contributed by atoms with Gasteiger partial charge in [-0.15, -0.1) is 5.10 Å². The molecular weight excluding hydrogens is 352 g/mol. The average molecular weight is 374 g/mol. The summed E-state index contributed by atoms with van der Waals surface area (Å²) in [6.07, 6.45) is 0. The van der Waals surface area contributed by atoms with Gasteiger partial charge in [-0.2, -0.15) is 5.26 Å². The molecular formula is C22H22N4O2. The first-order valence-corrected chi connectivity index (χ1v) is 9.17. The summed E-state index contributed by atoms with van der Waals surface area (Å²) in [6.45, 7) is 6.27. The largest absolute Gasteiger partial charge is 0.496 e. The van der Waals surface area contributed by atoms with Crippen molar-refractivity contribution in [3.05, 3.63) is 53.2 Å². The number of nitriles is 1. The molecule has 6 nitrogen and oxygen atoms in total. The lowest BCUT2D eigenvalue weighted by Crippen LogP contribution is -2.32. The Morgan fingerprint density at radius 1 is 1.18 bits per heavy atom. The maximum absolute atomic E-state index is 9.90. The monoisotopic (exact) mass is 374 g/mol. The first kappa shape index (κ1) is 18.1. The first-order valence-electron chi connectivity index (χ1n) is 9.17. The van der Waals surface area contributed by atoms with Crippen LogP contribution >= 0.6 is 0 Å². The van der Waals surface area contributed by atoms with E-state index >= 15 is 0 Å². The highest BCUT2D eigenvalue weighted by atomic mass is 16.5. The number of aromatic nitrogens is 2. The molecule has 0 radical (unpaired) electrons. The van der Waals surface area contributed by atoms with Gasteiger partial charge in [-0.05, 0) is 17.0 Å². The van der Waals surface area contributed by atoms with Gasteiger partial charge in [0.05, 0.1) is 13.2 Å². The molecule has 1 aromatic heterocycles. The maximum atomic E-state index is 9.90. The number of hydrogen-bond donors (Lipinski definition) is 2. The standard InChI is InChI=1S/C22H22N4O2/c1-22(2,3)19-18-17(15(11-23)20(24)28-21(18)26-25-19)14-9-10-16(27-4)13-8-6-5-7-12(13)14/h5-10,15,17,24H,1-4H3,(H,25,26).